The molecule has 0 aromatic carbocycles. The largest absolute Gasteiger partial charge is 0.461 e. The predicted octanol–water partition coefficient (Wildman–Crippen LogP) is 1.24. The van der Waals surface area contributed by atoms with Crippen LogP contribution in [0.15, 0.2) is 15.0 Å². The van der Waals surface area contributed by atoms with E-state index in [0.29, 0.717) is 5.16 Å². The van der Waals surface area contributed by atoms with Gasteiger partial charge in [-0.3, -0.25) is 0 Å². The lowest BCUT2D eigenvalue weighted by molar-refractivity contribution is 0.219. The maximum absolute atomic E-state index is 5.58. The minimum atomic E-state index is -0.0174. The van der Waals surface area contributed by atoms with E-state index >= 15 is 0 Å². The Morgan fingerprint density at radius 1 is 1.35 bits per heavy atom. The molecule has 2 aromatic heterocycles. The molecule has 0 aliphatic heterocycles. The van der Waals surface area contributed by atoms with Crippen molar-refractivity contribution in [1.82, 2.24) is 25.1 Å². The van der Waals surface area contributed by atoms with Crippen LogP contribution in [0, 0.1) is 0 Å². The molecule has 2 aromatic rings. The first-order valence-electron chi connectivity index (χ1n) is 4.75. The SMILES string of the molecule is CC(C)Oc1nc(N)nc(Sc2nncs2)n1. The normalized spacial score (nSPS) is 10.8. The number of ether oxygens (including phenoxy) is 1. The first-order valence-corrected chi connectivity index (χ1v) is 6.45. The van der Waals surface area contributed by atoms with E-state index in [9.17, 15) is 0 Å². The third-order valence-electron chi connectivity index (χ3n) is 1.47. The number of anilines is 1. The van der Waals surface area contributed by atoms with Gasteiger partial charge in [0.2, 0.25) is 11.1 Å². The molecule has 0 aliphatic rings. The molecule has 17 heavy (non-hydrogen) atoms. The summed E-state index contributed by atoms with van der Waals surface area (Å²) in [4.78, 5) is 12.0. The summed E-state index contributed by atoms with van der Waals surface area (Å²) in [5.41, 5.74) is 7.21. The number of hydrogen-bond acceptors (Lipinski definition) is 9. The van der Waals surface area contributed by atoms with Crippen LogP contribution in [0.4, 0.5) is 5.95 Å². The van der Waals surface area contributed by atoms with E-state index < -0.39 is 0 Å². The monoisotopic (exact) mass is 270 g/mol. The van der Waals surface area contributed by atoms with E-state index in [1.54, 1.807) is 5.51 Å². The minimum absolute atomic E-state index is 0.0174. The van der Waals surface area contributed by atoms with Gasteiger partial charge in [-0.05, 0) is 25.6 Å². The van der Waals surface area contributed by atoms with Gasteiger partial charge in [0.25, 0.3) is 0 Å². The highest BCUT2D eigenvalue weighted by molar-refractivity contribution is 8.00. The summed E-state index contributed by atoms with van der Waals surface area (Å²) >= 11 is 2.67. The van der Waals surface area contributed by atoms with Crippen molar-refractivity contribution >= 4 is 29.0 Å². The van der Waals surface area contributed by atoms with Crippen LogP contribution in [0.25, 0.3) is 0 Å². The average Bonchev–Trinajstić information content (AvgIpc) is 2.67. The van der Waals surface area contributed by atoms with Crippen molar-refractivity contribution in [2.45, 2.75) is 29.4 Å². The minimum Gasteiger partial charge on any atom is -0.461 e. The summed E-state index contributed by atoms with van der Waals surface area (Å²) in [6.45, 7) is 3.77. The van der Waals surface area contributed by atoms with E-state index in [1.165, 1.54) is 23.1 Å². The first kappa shape index (κ1) is 12.0. The fourth-order valence-electron chi connectivity index (χ4n) is 0.947. The van der Waals surface area contributed by atoms with Gasteiger partial charge in [-0.15, -0.1) is 10.2 Å². The van der Waals surface area contributed by atoms with Crippen LogP contribution in [0.1, 0.15) is 13.8 Å². The average molecular weight is 270 g/mol. The van der Waals surface area contributed by atoms with Gasteiger partial charge in [0.1, 0.15) is 5.51 Å². The van der Waals surface area contributed by atoms with Crippen molar-refractivity contribution < 1.29 is 4.74 Å². The molecule has 0 fully saturated rings. The van der Waals surface area contributed by atoms with E-state index in [2.05, 4.69) is 25.1 Å². The van der Waals surface area contributed by atoms with Gasteiger partial charge in [0, 0.05) is 0 Å². The summed E-state index contributed by atoms with van der Waals surface area (Å²) in [5, 5.41) is 8.06. The standard InChI is InChI=1S/C8H10N6OS2/c1-4(2)15-6-11-5(9)12-7(13-6)17-8-14-10-3-16-8/h3-4H,1-2H3,(H2,9,11,12,13). The number of hydrogen-bond donors (Lipinski definition) is 1. The molecule has 0 bridgehead atoms. The zero-order valence-electron chi connectivity index (χ0n) is 9.19. The summed E-state index contributed by atoms with van der Waals surface area (Å²) < 4.78 is 6.11. The third kappa shape index (κ3) is 3.49. The molecule has 7 nitrogen and oxygen atoms in total. The molecular weight excluding hydrogens is 260 g/mol. The van der Waals surface area contributed by atoms with Gasteiger partial charge in [0.15, 0.2) is 4.34 Å². The Morgan fingerprint density at radius 2 is 2.18 bits per heavy atom. The van der Waals surface area contributed by atoms with Crippen LogP contribution in [-0.4, -0.2) is 31.3 Å². The summed E-state index contributed by atoms with van der Waals surface area (Å²) in [6, 6.07) is 0.222. The Kier molecular flexibility index (Phi) is 3.69. The molecular formula is C8H10N6OS2. The molecule has 0 spiro atoms. The number of nitrogens with zero attached hydrogens (tertiary/aromatic N) is 5. The van der Waals surface area contributed by atoms with Crippen LogP contribution < -0.4 is 10.5 Å². The summed E-state index contributed by atoms with van der Waals surface area (Å²) in [5.74, 6) is 0.127. The van der Waals surface area contributed by atoms with E-state index in [4.69, 9.17) is 10.5 Å². The number of nitrogens with two attached hydrogens (primary N) is 1. The number of nitrogen functional groups attached to an aromatic ring is 1. The van der Waals surface area contributed by atoms with Crippen LogP contribution >= 0.6 is 23.1 Å². The van der Waals surface area contributed by atoms with Crippen molar-refractivity contribution in [3.05, 3.63) is 5.51 Å². The van der Waals surface area contributed by atoms with Gasteiger partial charge in [-0.1, -0.05) is 11.3 Å². The molecule has 2 heterocycles. The second-order valence-corrected chi connectivity index (χ2v) is 5.28. The molecule has 0 radical (unpaired) electrons. The second kappa shape index (κ2) is 5.23. The lowest BCUT2D eigenvalue weighted by Crippen LogP contribution is -2.10. The Hall–Kier alpha value is -1.48. The highest BCUT2D eigenvalue weighted by Crippen LogP contribution is 2.26. The van der Waals surface area contributed by atoms with Crippen molar-refractivity contribution in [2.24, 2.45) is 0 Å². The Labute approximate surface area is 106 Å². The smallest absolute Gasteiger partial charge is 0.322 e. The molecule has 90 valence electrons. The molecule has 0 aliphatic carbocycles. The zero-order chi connectivity index (χ0) is 12.3. The third-order valence-corrected chi connectivity index (χ3v) is 3.11. The number of aromatic nitrogens is 5. The molecule has 0 atom stereocenters. The lowest BCUT2D eigenvalue weighted by atomic mass is 10.5. The summed E-state index contributed by atoms with van der Waals surface area (Å²) in [6.07, 6.45) is -0.0174. The molecule has 0 saturated carbocycles. The lowest BCUT2D eigenvalue weighted by Gasteiger charge is -2.07. The molecule has 0 unspecified atom stereocenters. The van der Waals surface area contributed by atoms with Gasteiger partial charge < -0.3 is 10.5 Å². The van der Waals surface area contributed by atoms with Gasteiger partial charge in [-0.2, -0.15) is 15.0 Å². The van der Waals surface area contributed by atoms with Crippen LogP contribution in [0.2, 0.25) is 0 Å². The van der Waals surface area contributed by atoms with Crippen LogP contribution in [0.5, 0.6) is 6.01 Å². The first-order chi connectivity index (χ1) is 8.13. The number of rotatable bonds is 4. The molecule has 9 heteroatoms. The van der Waals surface area contributed by atoms with Crippen LogP contribution in [0.3, 0.4) is 0 Å². The topological polar surface area (TPSA) is 99.7 Å². The Bertz CT molecular complexity index is 489. The maximum Gasteiger partial charge on any atom is 0.322 e. The van der Waals surface area contributed by atoms with E-state index in [-0.39, 0.29) is 18.1 Å². The maximum atomic E-state index is 5.58. The second-order valence-electron chi connectivity index (χ2n) is 3.23. The molecule has 0 saturated heterocycles. The fourth-order valence-corrected chi connectivity index (χ4v) is 2.28. The van der Waals surface area contributed by atoms with Crippen molar-refractivity contribution in [3.63, 3.8) is 0 Å². The van der Waals surface area contributed by atoms with Gasteiger partial charge in [-0.25, -0.2) is 0 Å². The van der Waals surface area contributed by atoms with Gasteiger partial charge >= 0.3 is 6.01 Å². The van der Waals surface area contributed by atoms with Crippen LogP contribution in [-0.2, 0) is 0 Å². The molecule has 2 rings (SSSR count). The van der Waals surface area contributed by atoms with Gasteiger partial charge in [0.05, 0.1) is 6.10 Å². The predicted molar refractivity (Wildman–Crippen MR) is 64.0 cm³/mol. The van der Waals surface area contributed by atoms with Crippen molar-refractivity contribution in [3.8, 4) is 6.01 Å². The fraction of sp³-hybridized carbons (Fsp3) is 0.375. The van der Waals surface area contributed by atoms with E-state index in [0.717, 1.165) is 4.34 Å². The Morgan fingerprint density at radius 3 is 2.82 bits per heavy atom. The quantitative estimate of drug-likeness (QED) is 0.885. The molecule has 2 N–H and O–H groups in total. The highest BCUT2D eigenvalue weighted by Gasteiger charge is 2.10. The molecule has 0 amide bonds. The van der Waals surface area contributed by atoms with Crippen molar-refractivity contribution in [1.29, 1.82) is 0 Å². The Balaban J connectivity index is 2.19. The zero-order valence-corrected chi connectivity index (χ0v) is 10.8. The summed E-state index contributed by atoms with van der Waals surface area (Å²) in [7, 11) is 0. The van der Waals surface area contributed by atoms with Crippen molar-refractivity contribution in [2.75, 3.05) is 5.73 Å². The highest BCUT2D eigenvalue weighted by atomic mass is 32.2. The van der Waals surface area contributed by atoms with E-state index in [1.807, 2.05) is 13.8 Å².